The van der Waals surface area contributed by atoms with Crippen molar-refractivity contribution in [3.8, 4) is 0 Å². The predicted octanol–water partition coefficient (Wildman–Crippen LogP) is 3.27. The largest absolute Gasteiger partial charge is 0.331 e. The van der Waals surface area contributed by atoms with Gasteiger partial charge < -0.3 is 9.55 Å². The number of rotatable bonds is 2. The Hall–Kier alpha value is -0.430. The molecule has 1 N–H and O–H groups in total. The lowest BCUT2D eigenvalue weighted by atomic mass is 10.3. The second kappa shape index (κ2) is 3.98. The maximum absolute atomic E-state index is 12.3. The minimum atomic E-state index is -0.396. The highest BCUT2D eigenvalue weighted by Crippen LogP contribution is 2.17. The van der Waals surface area contributed by atoms with Crippen molar-refractivity contribution in [2.45, 2.75) is 6.54 Å². The molecular weight excluding hydrogens is 314 g/mol. The Kier molecular flexibility index (Phi) is 2.87. The van der Waals surface area contributed by atoms with E-state index in [0.29, 0.717) is 11.3 Å². The molecule has 0 fully saturated rings. The monoisotopic (exact) mass is 322 g/mol. The number of alkyl halides is 1. The van der Waals surface area contributed by atoms with E-state index in [0.717, 1.165) is 14.6 Å². The number of fused-ring (bicyclic) bond motifs is 1. The van der Waals surface area contributed by atoms with Gasteiger partial charge in [-0.05, 0) is 53.0 Å². The Morgan fingerprint density at radius 2 is 2.29 bits per heavy atom. The van der Waals surface area contributed by atoms with E-state index >= 15 is 0 Å². The standard InChI is InChI=1S/C9H8FIN2S/c10-3-4-13-8-2-1-6(11)5-7(8)12-9(13)14/h1-2,5H,3-4H2,(H,12,14). The van der Waals surface area contributed by atoms with Gasteiger partial charge in [0, 0.05) is 3.57 Å². The fraction of sp³-hybridized carbons (Fsp3) is 0.222. The van der Waals surface area contributed by atoms with Gasteiger partial charge in [-0.15, -0.1) is 0 Å². The molecule has 0 bridgehead atoms. The van der Waals surface area contributed by atoms with Crippen LogP contribution in [0.1, 0.15) is 0 Å². The molecule has 0 aliphatic carbocycles. The molecule has 1 aromatic heterocycles. The van der Waals surface area contributed by atoms with Crippen LogP contribution in [0.3, 0.4) is 0 Å². The van der Waals surface area contributed by atoms with Gasteiger partial charge in [-0.1, -0.05) is 0 Å². The molecule has 0 aliphatic heterocycles. The second-order valence-corrected chi connectivity index (χ2v) is 4.56. The maximum Gasteiger partial charge on any atom is 0.178 e. The molecule has 0 atom stereocenters. The van der Waals surface area contributed by atoms with Gasteiger partial charge in [-0.25, -0.2) is 4.39 Å². The number of benzene rings is 1. The number of hydrogen-bond acceptors (Lipinski definition) is 1. The second-order valence-electron chi connectivity index (χ2n) is 2.93. The van der Waals surface area contributed by atoms with Crippen LogP contribution in [0.5, 0.6) is 0 Å². The minimum Gasteiger partial charge on any atom is -0.331 e. The van der Waals surface area contributed by atoms with Crippen molar-refractivity contribution in [3.63, 3.8) is 0 Å². The first-order valence-electron chi connectivity index (χ1n) is 4.16. The summed E-state index contributed by atoms with van der Waals surface area (Å²) in [5, 5.41) is 0. The van der Waals surface area contributed by atoms with Crippen LogP contribution < -0.4 is 0 Å². The van der Waals surface area contributed by atoms with Crippen molar-refractivity contribution in [2.24, 2.45) is 0 Å². The molecule has 0 unspecified atom stereocenters. The van der Waals surface area contributed by atoms with Crippen LogP contribution >= 0.6 is 34.8 Å². The van der Waals surface area contributed by atoms with E-state index in [1.54, 1.807) is 4.57 Å². The number of aromatic amines is 1. The van der Waals surface area contributed by atoms with E-state index in [4.69, 9.17) is 12.2 Å². The van der Waals surface area contributed by atoms with Gasteiger partial charge in [0.25, 0.3) is 0 Å². The zero-order chi connectivity index (χ0) is 10.1. The summed E-state index contributed by atoms with van der Waals surface area (Å²) < 4.78 is 15.8. The van der Waals surface area contributed by atoms with Crippen LogP contribution in [0.4, 0.5) is 4.39 Å². The topological polar surface area (TPSA) is 20.7 Å². The van der Waals surface area contributed by atoms with Crippen LogP contribution in [0.2, 0.25) is 0 Å². The zero-order valence-corrected chi connectivity index (χ0v) is 10.2. The lowest BCUT2D eigenvalue weighted by Gasteiger charge is -1.99. The first-order valence-corrected chi connectivity index (χ1v) is 5.65. The van der Waals surface area contributed by atoms with Gasteiger partial charge in [0.05, 0.1) is 17.6 Å². The summed E-state index contributed by atoms with van der Waals surface area (Å²) in [4.78, 5) is 3.06. The molecule has 14 heavy (non-hydrogen) atoms. The molecule has 2 aromatic rings. The van der Waals surface area contributed by atoms with E-state index in [1.807, 2.05) is 18.2 Å². The first-order chi connectivity index (χ1) is 6.72. The molecule has 2 rings (SSSR count). The third kappa shape index (κ3) is 1.70. The number of H-pyrrole nitrogens is 1. The van der Waals surface area contributed by atoms with E-state index < -0.39 is 6.67 Å². The van der Waals surface area contributed by atoms with Gasteiger partial charge in [0.1, 0.15) is 6.67 Å². The summed E-state index contributed by atoms with van der Waals surface area (Å²) in [5.41, 5.74) is 1.93. The van der Waals surface area contributed by atoms with Gasteiger partial charge in [0.15, 0.2) is 4.77 Å². The van der Waals surface area contributed by atoms with Crippen molar-refractivity contribution < 1.29 is 4.39 Å². The van der Waals surface area contributed by atoms with Crippen molar-refractivity contribution >= 4 is 45.8 Å². The number of nitrogens with one attached hydrogen (secondary N) is 1. The molecule has 5 heteroatoms. The fourth-order valence-corrected chi connectivity index (χ4v) is 2.23. The Morgan fingerprint density at radius 1 is 1.50 bits per heavy atom. The number of aromatic nitrogens is 2. The SMILES string of the molecule is FCCn1c(=S)[nH]c2cc(I)ccc21. The molecule has 74 valence electrons. The van der Waals surface area contributed by atoms with E-state index in [-0.39, 0.29) is 0 Å². The number of hydrogen-bond donors (Lipinski definition) is 1. The zero-order valence-electron chi connectivity index (χ0n) is 7.26. The van der Waals surface area contributed by atoms with Crippen molar-refractivity contribution in [1.82, 2.24) is 9.55 Å². The van der Waals surface area contributed by atoms with Gasteiger partial charge in [-0.2, -0.15) is 0 Å². The molecule has 1 aromatic carbocycles. The van der Waals surface area contributed by atoms with Crippen LogP contribution in [-0.4, -0.2) is 16.2 Å². The average molecular weight is 322 g/mol. The molecule has 2 nitrogen and oxygen atoms in total. The van der Waals surface area contributed by atoms with Crippen molar-refractivity contribution in [1.29, 1.82) is 0 Å². The predicted molar refractivity (Wildman–Crippen MR) is 65.8 cm³/mol. The highest BCUT2D eigenvalue weighted by Gasteiger charge is 2.03. The number of imidazole rings is 1. The van der Waals surface area contributed by atoms with Crippen LogP contribution in [0.25, 0.3) is 11.0 Å². The fourth-order valence-electron chi connectivity index (χ4n) is 1.44. The Labute approximate surface area is 99.3 Å². The molecule has 0 amide bonds. The highest BCUT2D eigenvalue weighted by atomic mass is 127. The summed E-state index contributed by atoms with van der Waals surface area (Å²) in [7, 11) is 0. The molecule has 0 spiro atoms. The lowest BCUT2D eigenvalue weighted by molar-refractivity contribution is 0.448. The summed E-state index contributed by atoms with van der Waals surface area (Å²) >= 11 is 7.33. The number of nitrogens with zero attached hydrogens (tertiary/aromatic N) is 1. The third-order valence-corrected chi connectivity index (χ3v) is 3.04. The summed E-state index contributed by atoms with van der Waals surface area (Å²) in [6.07, 6.45) is 0. The van der Waals surface area contributed by atoms with Gasteiger partial charge in [-0.3, -0.25) is 0 Å². The summed E-state index contributed by atoms with van der Waals surface area (Å²) in [6.45, 7) is -0.0767. The molecular formula is C9H8FIN2S. The van der Waals surface area contributed by atoms with Gasteiger partial charge >= 0.3 is 0 Å². The smallest absolute Gasteiger partial charge is 0.178 e. The van der Waals surface area contributed by atoms with E-state index in [1.165, 1.54) is 0 Å². The van der Waals surface area contributed by atoms with Crippen molar-refractivity contribution in [2.75, 3.05) is 6.67 Å². The molecule has 0 saturated heterocycles. The lowest BCUT2D eigenvalue weighted by Crippen LogP contribution is -1.98. The summed E-state index contributed by atoms with van der Waals surface area (Å²) in [5.74, 6) is 0. The number of halogens is 2. The van der Waals surface area contributed by atoms with Crippen molar-refractivity contribution in [3.05, 3.63) is 26.5 Å². The normalized spacial score (nSPS) is 11.0. The Bertz CT molecular complexity index is 517. The molecule has 0 aliphatic rings. The van der Waals surface area contributed by atoms with Crippen LogP contribution in [-0.2, 0) is 6.54 Å². The quantitative estimate of drug-likeness (QED) is 0.665. The Morgan fingerprint density at radius 3 is 3.00 bits per heavy atom. The minimum absolute atomic E-state index is 0.319. The number of aryl methyl sites for hydroxylation is 1. The van der Waals surface area contributed by atoms with Crippen LogP contribution in [0, 0.1) is 8.34 Å². The first kappa shape index (κ1) is 10.1. The molecule has 0 saturated carbocycles. The maximum atomic E-state index is 12.3. The van der Waals surface area contributed by atoms with Gasteiger partial charge in [0.2, 0.25) is 0 Å². The van der Waals surface area contributed by atoms with E-state index in [2.05, 4.69) is 27.6 Å². The highest BCUT2D eigenvalue weighted by molar-refractivity contribution is 14.1. The van der Waals surface area contributed by atoms with Crippen LogP contribution in [0.15, 0.2) is 18.2 Å². The third-order valence-electron chi connectivity index (χ3n) is 2.04. The molecule has 1 heterocycles. The van der Waals surface area contributed by atoms with E-state index in [9.17, 15) is 4.39 Å². The molecule has 0 radical (unpaired) electrons. The average Bonchev–Trinajstić information content (AvgIpc) is 2.43. The summed E-state index contributed by atoms with van der Waals surface area (Å²) in [6, 6.07) is 5.94. The Balaban J connectivity index is 2.71.